The zero-order valence-electron chi connectivity index (χ0n) is 13.2. The average molecular weight is 529 g/mol. The van der Waals surface area contributed by atoms with E-state index in [9.17, 15) is 0 Å². The van der Waals surface area contributed by atoms with Gasteiger partial charge in [-0.2, -0.15) is 30.2 Å². The molecule has 5 heteroatoms. The number of benzene rings is 1. The van der Waals surface area contributed by atoms with Crippen molar-refractivity contribution in [3.63, 3.8) is 0 Å². The molecule has 0 unspecified atom stereocenters. The quantitative estimate of drug-likeness (QED) is 0.377. The van der Waals surface area contributed by atoms with Gasteiger partial charge < -0.3 is 4.90 Å². The Hall–Kier alpha value is 0.270. The second-order valence-electron chi connectivity index (χ2n) is 4.10. The fourth-order valence-electron chi connectivity index (χ4n) is 1.65. The Labute approximate surface area is 173 Å². The van der Waals surface area contributed by atoms with Crippen LogP contribution in [0.4, 0.5) is 0 Å². The minimum atomic E-state index is 0. The van der Waals surface area contributed by atoms with Crippen LogP contribution in [0.15, 0.2) is 48.6 Å². The Kier molecular flexibility index (Phi) is 29.2. The minimum absolute atomic E-state index is 0. The van der Waals surface area contributed by atoms with Crippen LogP contribution in [0.5, 0.6) is 0 Å². The normalized spacial score (nSPS) is 10.1. The summed E-state index contributed by atoms with van der Waals surface area (Å²) in [5, 5.41) is 0. The van der Waals surface area contributed by atoms with E-state index < -0.39 is 0 Å². The van der Waals surface area contributed by atoms with Gasteiger partial charge in [0.15, 0.2) is 0 Å². The van der Waals surface area contributed by atoms with E-state index in [1.165, 1.54) is 5.56 Å². The Morgan fingerprint density at radius 2 is 1.64 bits per heavy atom. The predicted molar refractivity (Wildman–Crippen MR) is 101 cm³/mol. The first-order valence-corrected chi connectivity index (χ1v) is 6.69. The molecule has 0 aliphatic heterocycles. The Morgan fingerprint density at radius 3 is 2.00 bits per heavy atom. The number of allylic oxidation sites excluding steroid dienone is 4. The van der Waals surface area contributed by atoms with Crippen molar-refractivity contribution in [1.82, 2.24) is 4.90 Å². The zero-order valence-corrected chi connectivity index (χ0v) is 19.2. The molecule has 0 bridgehead atoms. The first-order valence-electron chi connectivity index (χ1n) is 6.69. The van der Waals surface area contributed by atoms with Crippen LogP contribution in [0.2, 0.25) is 0 Å². The zero-order chi connectivity index (χ0) is 13.1. The standard InChI is InChI=1S/C12H18N.C5H5.3ClH.Hf/c1-3-13(4-2)11-10-12-8-6-5-7-9-12;1-2-4-5-3-1;;;;/h5-10H,3-4,11H2,1-2H3;1-3H,4H2;3*1H;/q2*-1;;;;. The van der Waals surface area contributed by atoms with Crippen molar-refractivity contribution in [2.75, 3.05) is 19.6 Å². The molecule has 0 heterocycles. The summed E-state index contributed by atoms with van der Waals surface area (Å²) in [6.45, 7) is 7.70. The van der Waals surface area contributed by atoms with Gasteiger partial charge in [-0.15, -0.1) is 55.8 Å². The third kappa shape index (κ3) is 15.2. The fraction of sp³-hybridized carbons (Fsp3) is 0.353. The van der Waals surface area contributed by atoms with Crippen LogP contribution in [-0.4, -0.2) is 24.5 Å². The molecule has 0 atom stereocenters. The van der Waals surface area contributed by atoms with Crippen LogP contribution in [0, 0.1) is 12.5 Å². The Balaban J connectivity index is -0.000000156. The summed E-state index contributed by atoms with van der Waals surface area (Å²) >= 11 is 0. The number of hydrogen-bond acceptors (Lipinski definition) is 1. The molecule has 0 N–H and O–H groups in total. The van der Waals surface area contributed by atoms with Crippen LogP contribution < -0.4 is 0 Å². The van der Waals surface area contributed by atoms with Gasteiger partial charge >= 0.3 is 0 Å². The van der Waals surface area contributed by atoms with E-state index in [0.717, 1.165) is 26.1 Å². The number of rotatable bonds is 5. The molecule has 1 aliphatic carbocycles. The van der Waals surface area contributed by atoms with Gasteiger partial charge in [0.25, 0.3) is 0 Å². The van der Waals surface area contributed by atoms with E-state index in [2.05, 4.69) is 67.7 Å². The minimum Gasteiger partial charge on any atom is -0.311 e. The molecule has 0 aromatic heterocycles. The van der Waals surface area contributed by atoms with E-state index in [-0.39, 0.29) is 63.1 Å². The maximum Gasteiger partial charge on any atom is 0 e. The van der Waals surface area contributed by atoms with Crippen molar-refractivity contribution in [2.45, 2.75) is 20.3 Å². The molecule has 1 nitrogen and oxygen atoms in total. The van der Waals surface area contributed by atoms with E-state index in [4.69, 9.17) is 0 Å². The summed E-state index contributed by atoms with van der Waals surface area (Å²) < 4.78 is 0. The van der Waals surface area contributed by atoms with Gasteiger partial charge in [0.1, 0.15) is 0 Å². The first-order chi connectivity index (χ1) is 8.86. The first kappa shape index (κ1) is 30.2. The predicted octanol–water partition coefficient (Wildman–Crippen LogP) is 5.15. The van der Waals surface area contributed by atoms with E-state index >= 15 is 0 Å². The van der Waals surface area contributed by atoms with Gasteiger partial charge in [0.2, 0.25) is 0 Å². The molecule has 1 aromatic rings. The number of hydrogen-bond donors (Lipinski definition) is 0. The van der Waals surface area contributed by atoms with Gasteiger partial charge in [0, 0.05) is 25.8 Å². The molecular formula is C17H26Cl3HfN-2. The van der Waals surface area contributed by atoms with E-state index in [1.807, 2.05) is 12.2 Å². The summed E-state index contributed by atoms with van der Waals surface area (Å²) in [5.41, 5.74) is 1.31. The SMILES string of the molecule is CCN(CC)C[CH-]c1ccccc1.Cl.Cl.Cl.[C-]1=CC=CC1.[Hf]. The second-order valence-corrected chi connectivity index (χ2v) is 4.10. The van der Waals surface area contributed by atoms with Crippen LogP contribution in [0.1, 0.15) is 25.8 Å². The van der Waals surface area contributed by atoms with Crippen molar-refractivity contribution in [1.29, 1.82) is 0 Å². The van der Waals surface area contributed by atoms with Crippen LogP contribution in [0.3, 0.4) is 0 Å². The third-order valence-corrected chi connectivity index (χ3v) is 2.87. The largest absolute Gasteiger partial charge is 0.311 e. The van der Waals surface area contributed by atoms with Gasteiger partial charge in [0.05, 0.1) is 0 Å². The van der Waals surface area contributed by atoms with Crippen LogP contribution in [0.25, 0.3) is 0 Å². The maximum absolute atomic E-state index is 2.99. The number of halogens is 3. The molecule has 0 saturated heterocycles. The van der Waals surface area contributed by atoms with Gasteiger partial charge in [-0.3, -0.25) is 6.08 Å². The molecule has 126 valence electrons. The Morgan fingerprint density at radius 1 is 1.05 bits per heavy atom. The molecule has 1 aromatic carbocycles. The summed E-state index contributed by atoms with van der Waals surface area (Å²) in [7, 11) is 0. The average Bonchev–Trinajstić information content (AvgIpc) is 3.00. The fourth-order valence-corrected chi connectivity index (χ4v) is 1.65. The van der Waals surface area contributed by atoms with Crippen molar-refractivity contribution in [2.24, 2.45) is 0 Å². The second kappa shape index (κ2) is 21.3. The summed E-state index contributed by atoms with van der Waals surface area (Å²) in [6.07, 6.45) is 12.3. The third-order valence-electron chi connectivity index (χ3n) is 2.87. The maximum atomic E-state index is 2.99. The molecule has 1 aliphatic rings. The van der Waals surface area contributed by atoms with Crippen LogP contribution in [-0.2, 0) is 25.8 Å². The molecule has 2 rings (SSSR count). The monoisotopic (exact) mass is 529 g/mol. The van der Waals surface area contributed by atoms with Crippen LogP contribution >= 0.6 is 37.2 Å². The Bertz CT molecular complexity index is 355. The molecule has 0 radical (unpaired) electrons. The van der Waals surface area contributed by atoms with Crippen molar-refractivity contribution in [3.05, 3.63) is 66.6 Å². The summed E-state index contributed by atoms with van der Waals surface area (Å²) in [5.74, 6) is 0. The van der Waals surface area contributed by atoms with E-state index in [0.29, 0.717) is 0 Å². The smallest absolute Gasteiger partial charge is 0 e. The van der Waals surface area contributed by atoms with Gasteiger partial charge in [-0.05, 0) is 19.6 Å². The molecule has 0 spiro atoms. The topological polar surface area (TPSA) is 3.24 Å². The molecule has 0 fully saturated rings. The summed E-state index contributed by atoms with van der Waals surface area (Å²) in [4.78, 5) is 2.40. The molecule has 0 amide bonds. The summed E-state index contributed by atoms with van der Waals surface area (Å²) in [6, 6.07) is 10.5. The number of nitrogens with zero attached hydrogens (tertiary/aromatic N) is 1. The molecule has 0 saturated carbocycles. The molecule has 22 heavy (non-hydrogen) atoms. The molecular weight excluding hydrogens is 503 g/mol. The van der Waals surface area contributed by atoms with Crippen molar-refractivity contribution in [3.8, 4) is 0 Å². The number of likely N-dealkylation sites (N-methyl/N-ethyl adjacent to an activating group) is 1. The van der Waals surface area contributed by atoms with Gasteiger partial charge in [-0.25, -0.2) is 12.2 Å². The van der Waals surface area contributed by atoms with Gasteiger partial charge in [-0.1, -0.05) is 19.9 Å². The van der Waals surface area contributed by atoms with E-state index in [1.54, 1.807) is 0 Å². The van der Waals surface area contributed by atoms with Crippen molar-refractivity contribution >= 4 is 37.2 Å². The van der Waals surface area contributed by atoms with Crippen molar-refractivity contribution < 1.29 is 25.8 Å².